The lowest BCUT2D eigenvalue weighted by Crippen LogP contribution is -2.44. The SMILES string of the molecule is CCn1cc(CNC(=O)N2CCC(CCN3CCCC3)CC2)cn1. The van der Waals surface area contributed by atoms with Crippen molar-refractivity contribution in [3.05, 3.63) is 18.0 Å². The molecule has 0 radical (unpaired) electrons. The number of piperidine rings is 1. The molecule has 0 saturated carbocycles. The smallest absolute Gasteiger partial charge is 0.317 e. The number of nitrogens with zero attached hydrogens (tertiary/aromatic N) is 4. The molecule has 6 nitrogen and oxygen atoms in total. The molecule has 6 heteroatoms. The van der Waals surface area contributed by atoms with Gasteiger partial charge in [-0.2, -0.15) is 5.10 Å². The molecular formula is C18H31N5O. The standard InChI is InChI=1S/C18H31N5O/c1-2-23-15-17(14-20-23)13-19-18(24)22-11-6-16(7-12-22)5-10-21-8-3-4-9-21/h14-16H,2-13H2,1H3,(H,19,24). The minimum Gasteiger partial charge on any atom is -0.334 e. The molecule has 3 heterocycles. The van der Waals surface area contributed by atoms with Gasteiger partial charge in [0.1, 0.15) is 0 Å². The Morgan fingerprint density at radius 1 is 1.25 bits per heavy atom. The van der Waals surface area contributed by atoms with Gasteiger partial charge in [0.15, 0.2) is 0 Å². The van der Waals surface area contributed by atoms with Crippen molar-refractivity contribution in [3.63, 3.8) is 0 Å². The zero-order valence-electron chi connectivity index (χ0n) is 14.9. The van der Waals surface area contributed by atoms with Crippen LogP contribution in [0.1, 0.15) is 44.6 Å². The Hall–Kier alpha value is -1.56. The van der Waals surface area contributed by atoms with E-state index in [1.54, 1.807) is 0 Å². The molecule has 0 aliphatic carbocycles. The maximum Gasteiger partial charge on any atom is 0.317 e. The van der Waals surface area contributed by atoms with Crippen LogP contribution >= 0.6 is 0 Å². The molecule has 0 bridgehead atoms. The quantitative estimate of drug-likeness (QED) is 0.869. The van der Waals surface area contributed by atoms with Crippen molar-refractivity contribution in [2.45, 2.75) is 52.1 Å². The van der Waals surface area contributed by atoms with E-state index >= 15 is 0 Å². The Morgan fingerprint density at radius 3 is 2.67 bits per heavy atom. The first-order valence-corrected chi connectivity index (χ1v) is 9.51. The molecule has 24 heavy (non-hydrogen) atoms. The monoisotopic (exact) mass is 333 g/mol. The van der Waals surface area contributed by atoms with Crippen molar-refractivity contribution >= 4 is 6.03 Å². The number of likely N-dealkylation sites (tertiary alicyclic amines) is 2. The van der Waals surface area contributed by atoms with Gasteiger partial charge in [0.2, 0.25) is 0 Å². The van der Waals surface area contributed by atoms with Gasteiger partial charge in [-0.15, -0.1) is 0 Å². The highest BCUT2D eigenvalue weighted by molar-refractivity contribution is 5.74. The van der Waals surface area contributed by atoms with Crippen molar-refractivity contribution < 1.29 is 4.79 Å². The van der Waals surface area contributed by atoms with Gasteiger partial charge in [-0.25, -0.2) is 4.79 Å². The summed E-state index contributed by atoms with van der Waals surface area (Å²) in [4.78, 5) is 16.9. The minimum atomic E-state index is 0.0669. The first-order chi connectivity index (χ1) is 11.7. The van der Waals surface area contributed by atoms with Gasteiger partial charge in [-0.05, 0) is 64.6 Å². The summed E-state index contributed by atoms with van der Waals surface area (Å²) in [5, 5.41) is 7.26. The van der Waals surface area contributed by atoms with Gasteiger partial charge in [0, 0.05) is 37.9 Å². The molecule has 0 atom stereocenters. The molecule has 2 aliphatic rings. The summed E-state index contributed by atoms with van der Waals surface area (Å²) in [5.74, 6) is 0.789. The lowest BCUT2D eigenvalue weighted by atomic mass is 9.93. The number of rotatable bonds is 6. The van der Waals surface area contributed by atoms with E-state index in [2.05, 4.69) is 22.2 Å². The van der Waals surface area contributed by atoms with Crippen molar-refractivity contribution in [1.82, 2.24) is 24.9 Å². The predicted molar refractivity (Wildman–Crippen MR) is 94.7 cm³/mol. The third-order valence-electron chi connectivity index (χ3n) is 5.41. The van der Waals surface area contributed by atoms with E-state index < -0.39 is 0 Å². The van der Waals surface area contributed by atoms with Crippen LogP contribution in [0.25, 0.3) is 0 Å². The summed E-state index contributed by atoms with van der Waals surface area (Å²) >= 11 is 0. The van der Waals surface area contributed by atoms with Gasteiger partial charge in [-0.1, -0.05) is 0 Å². The average Bonchev–Trinajstić information content (AvgIpc) is 3.29. The maximum absolute atomic E-state index is 12.3. The van der Waals surface area contributed by atoms with E-state index in [0.29, 0.717) is 6.54 Å². The maximum atomic E-state index is 12.3. The van der Waals surface area contributed by atoms with Crippen LogP contribution in [-0.4, -0.2) is 58.3 Å². The van der Waals surface area contributed by atoms with Gasteiger partial charge >= 0.3 is 6.03 Å². The molecule has 2 fully saturated rings. The second-order valence-electron chi connectivity index (χ2n) is 7.13. The highest BCUT2D eigenvalue weighted by Crippen LogP contribution is 2.22. The van der Waals surface area contributed by atoms with Crippen LogP contribution in [-0.2, 0) is 13.1 Å². The molecule has 2 saturated heterocycles. The number of carbonyl (C=O) groups is 1. The van der Waals surface area contributed by atoms with E-state index in [0.717, 1.165) is 44.0 Å². The largest absolute Gasteiger partial charge is 0.334 e. The summed E-state index contributed by atoms with van der Waals surface area (Å²) in [7, 11) is 0. The molecule has 1 aromatic rings. The molecule has 0 unspecified atom stereocenters. The zero-order chi connectivity index (χ0) is 16.8. The Bertz CT molecular complexity index is 515. The Morgan fingerprint density at radius 2 is 2.00 bits per heavy atom. The summed E-state index contributed by atoms with van der Waals surface area (Å²) in [6.45, 7) is 9.09. The first-order valence-electron chi connectivity index (χ1n) is 9.51. The lowest BCUT2D eigenvalue weighted by molar-refractivity contribution is 0.163. The van der Waals surface area contributed by atoms with E-state index in [9.17, 15) is 4.79 Å². The molecule has 1 aromatic heterocycles. The highest BCUT2D eigenvalue weighted by Gasteiger charge is 2.23. The Kier molecular flexibility index (Phi) is 6.12. The normalized spacial score (nSPS) is 19.8. The van der Waals surface area contributed by atoms with Crippen molar-refractivity contribution in [1.29, 1.82) is 0 Å². The van der Waals surface area contributed by atoms with Crippen molar-refractivity contribution in [2.75, 3.05) is 32.7 Å². The van der Waals surface area contributed by atoms with E-state index in [-0.39, 0.29) is 6.03 Å². The topological polar surface area (TPSA) is 53.4 Å². The van der Waals surface area contributed by atoms with E-state index in [1.165, 1.54) is 38.9 Å². The molecule has 3 rings (SSSR count). The van der Waals surface area contributed by atoms with Crippen LogP contribution in [0.3, 0.4) is 0 Å². The van der Waals surface area contributed by atoms with Crippen LogP contribution in [0, 0.1) is 5.92 Å². The van der Waals surface area contributed by atoms with Gasteiger partial charge < -0.3 is 15.1 Å². The molecule has 2 amide bonds. The second kappa shape index (κ2) is 8.51. The molecular weight excluding hydrogens is 302 g/mol. The Labute approximate surface area is 145 Å². The molecule has 0 spiro atoms. The summed E-state index contributed by atoms with van der Waals surface area (Å²) < 4.78 is 1.88. The lowest BCUT2D eigenvalue weighted by Gasteiger charge is -2.32. The van der Waals surface area contributed by atoms with E-state index in [4.69, 9.17) is 0 Å². The number of nitrogens with one attached hydrogen (secondary N) is 1. The number of aryl methyl sites for hydroxylation is 1. The number of urea groups is 1. The fourth-order valence-electron chi connectivity index (χ4n) is 3.76. The number of aromatic nitrogens is 2. The second-order valence-corrected chi connectivity index (χ2v) is 7.13. The van der Waals surface area contributed by atoms with Crippen molar-refractivity contribution in [3.8, 4) is 0 Å². The van der Waals surface area contributed by atoms with E-state index in [1.807, 2.05) is 22.0 Å². The summed E-state index contributed by atoms with van der Waals surface area (Å²) in [6.07, 6.45) is 10.2. The molecule has 2 aliphatic heterocycles. The summed E-state index contributed by atoms with van der Waals surface area (Å²) in [5.41, 5.74) is 1.06. The number of carbonyl (C=O) groups excluding carboxylic acids is 1. The van der Waals surface area contributed by atoms with Gasteiger partial charge in [-0.3, -0.25) is 4.68 Å². The van der Waals surface area contributed by atoms with Crippen LogP contribution < -0.4 is 5.32 Å². The number of amides is 2. The first kappa shape index (κ1) is 17.3. The number of hydrogen-bond donors (Lipinski definition) is 1. The average molecular weight is 333 g/mol. The Balaban J connectivity index is 1.33. The van der Waals surface area contributed by atoms with Crippen LogP contribution in [0.15, 0.2) is 12.4 Å². The summed E-state index contributed by atoms with van der Waals surface area (Å²) in [6, 6.07) is 0.0669. The van der Waals surface area contributed by atoms with Gasteiger partial charge in [0.25, 0.3) is 0 Å². The molecule has 0 aromatic carbocycles. The molecule has 1 N–H and O–H groups in total. The number of hydrogen-bond acceptors (Lipinski definition) is 3. The third-order valence-corrected chi connectivity index (χ3v) is 5.41. The van der Waals surface area contributed by atoms with Crippen LogP contribution in [0.2, 0.25) is 0 Å². The van der Waals surface area contributed by atoms with Crippen LogP contribution in [0.5, 0.6) is 0 Å². The fraction of sp³-hybridized carbons (Fsp3) is 0.778. The zero-order valence-corrected chi connectivity index (χ0v) is 14.9. The van der Waals surface area contributed by atoms with Gasteiger partial charge in [0.05, 0.1) is 6.20 Å². The fourth-order valence-corrected chi connectivity index (χ4v) is 3.76. The van der Waals surface area contributed by atoms with Crippen molar-refractivity contribution in [2.24, 2.45) is 5.92 Å². The molecule has 134 valence electrons. The third kappa shape index (κ3) is 4.72. The highest BCUT2D eigenvalue weighted by atomic mass is 16.2. The van der Waals surface area contributed by atoms with Crippen LogP contribution in [0.4, 0.5) is 4.79 Å². The predicted octanol–water partition coefficient (Wildman–Crippen LogP) is 2.31. The minimum absolute atomic E-state index is 0.0669.